The Labute approximate surface area is 82.7 Å². The lowest BCUT2D eigenvalue weighted by Crippen LogP contribution is -2.16. The van der Waals surface area contributed by atoms with Crippen LogP contribution in [0.2, 0.25) is 0 Å². The van der Waals surface area contributed by atoms with Crippen LogP contribution >= 0.6 is 0 Å². The highest BCUT2D eigenvalue weighted by atomic mass is 15.2. The molecular formula is C10H14N4. The van der Waals surface area contributed by atoms with E-state index in [9.17, 15) is 0 Å². The summed E-state index contributed by atoms with van der Waals surface area (Å²) in [6, 6.07) is 7.98. The van der Waals surface area contributed by atoms with Crippen LogP contribution in [-0.4, -0.2) is 23.1 Å². The fourth-order valence-electron chi connectivity index (χ4n) is 1.55. The Morgan fingerprint density at radius 1 is 1.43 bits per heavy atom. The van der Waals surface area contributed by atoms with Gasteiger partial charge in [-0.05, 0) is 19.2 Å². The van der Waals surface area contributed by atoms with Crippen molar-refractivity contribution in [1.82, 2.24) is 14.9 Å². The first-order valence-corrected chi connectivity index (χ1v) is 4.68. The van der Waals surface area contributed by atoms with Gasteiger partial charge in [-0.2, -0.15) is 0 Å². The van der Waals surface area contributed by atoms with Gasteiger partial charge >= 0.3 is 0 Å². The molecule has 4 heteroatoms. The van der Waals surface area contributed by atoms with E-state index in [2.05, 4.69) is 10.3 Å². The van der Waals surface area contributed by atoms with Crippen molar-refractivity contribution in [3.8, 4) is 0 Å². The summed E-state index contributed by atoms with van der Waals surface area (Å²) in [6.45, 7) is 1.74. The average molecular weight is 190 g/mol. The second-order valence-electron chi connectivity index (χ2n) is 3.21. The van der Waals surface area contributed by atoms with Gasteiger partial charge in [-0.15, -0.1) is 0 Å². The fourth-order valence-corrected chi connectivity index (χ4v) is 1.55. The number of hydrogen-bond donors (Lipinski definition) is 2. The summed E-state index contributed by atoms with van der Waals surface area (Å²) in [4.78, 5) is 4.28. The number of para-hydroxylation sites is 2. The molecule has 14 heavy (non-hydrogen) atoms. The molecule has 0 spiro atoms. The summed E-state index contributed by atoms with van der Waals surface area (Å²) in [6.07, 6.45) is 0. The van der Waals surface area contributed by atoms with Crippen LogP contribution < -0.4 is 11.1 Å². The van der Waals surface area contributed by atoms with Crippen LogP contribution in [0.4, 0.5) is 5.95 Å². The van der Waals surface area contributed by atoms with Gasteiger partial charge in [0.2, 0.25) is 5.95 Å². The predicted octanol–water partition coefficient (Wildman–Crippen LogP) is 0.838. The number of nitrogen functional groups attached to an aromatic ring is 1. The van der Waals surface area contributed by atoms with Gasteiger partial charge in [0.25, 0.3) is 0 Å². The molecule has 3 N–H and O–H groups in total. The highest BCUT2D eigenvalue weighted by molar-refractivity contribution is 5.78. The molecule has 0 atom stereocenters. The van der Waals surface area contributed by atoms with E-state index >= 15 is 0 Å². The molecule has 0 fully saturated rings. The van der Waals surface area contributed by atoms with Crippen molar-refractivity contribution in [2.75, 3.05) is 19.3 Å². The van der Waals surface area contributed by atoms with E-state index < -0.39 is 0 Å². The standard InChI is InChI=1S/C10H14N4/c1-12-6-7-14-9-5-3-2-4-8(9)13-10(14)11/h2-5,12H,6-7H2,1H3,(H2,11,13). The first-order chi connectivity index (χ1) is 6.83. The highest BCUT2D eigenvalue weighted by Gasteiger charge is 2.05. The fraction of sp³-hybridized carbons (Fsp3) is 0.300. The van der Waals surface area contributed by atoms with E-state index in [-0.39, 0.29) is 0 Å². The third-order valence-electron chi connectivity index (χ3n) is 2.27. The zero-order valence-electron chi connectivity index (χ0n) is 8.20. The highest BCUT2D eigenvalue weighted by Crippen LogP contribution is 2.16. The van der Waals surface area contributed by atoms with Crippen molar-refractivity contribution in [2.24, 2.45) is 0 Å². The van der Waals surface area contributed by atoms with E-state index in [1.807, 2.05) is 35.9 Å². The molecule has 0 unspecified atom stereocenters. The summed E-state index contributed by atoms with van der Waals surface area (Å²) < 4.78 is 2.02. The van der Waals surface area contributed by atoms with Crippen molar-refractivity contribution in [3.63, 3.8) is 0 Å². The number of imidazole rings is 1. The minimum Gasteiger partial charge on any atom is -0.369 e. The molecule has 74 valence electrons. The molecule has 0 saturated carbocycles. The van der Waals surface area contributed by atoms with Crippen molar-refractivity contribution in [2.45, 2.75) is 6.54 Å². The van der Waals surface area contributed by atoms with E-state index in [4.69, 9.17) is 5.73 Å². The Bertz CT molecular complexity index is 433. The molecule has 1 heterocycles. The Kier molecular flexibility index (Phi) is 2.37. The van der Waals surface area contributed by atoms with Gasteiger partial charge in [-0.3, -0.25) is 0 Å². The van der Waals surface area contributed by atoms with Crippen LogP contribution in [0.1, 0.15) is 0 Å². The molecule has 0 aliphatic carbocycles. The molecule has 2 rings (SSSR count). The van der Waals surface area contributed by atoms with Gasteiger partial charge in [0.05, 0.1) is 11.0 Å². The molecule has 0 aliphatic heterocycles. The number of likely N-dealkylation sites (N-methyl/N-ethyl adjacent to an activating group) is 1. The average Bonchev–Trinajstić information content (AvgIpc) is 2.51. The largest absolute Gasteiger partial charge is 0.369 e. The smallest absolute Gasteiger partial charge is 0.201 e. The lowest BCUT2D eigenvalue weighted by atomic mass is 10.3. The first-order valence-electron chi connectivity index (χ1n) is 4.68. The summed E-state index contributed by atoms with van der Waals surface area (Å²) >= 11 is 0. The summed E-state index contributed by atoms with van der Waals surface area (Å²) in [5, 5.41) is 3.09. The minimum atomic E-state index is 0.585. The molecule has 0 aliphatic rings. The van der Waals surface area contributed by atoms with Gasteiger partial charge in [-0.25, -0.2) is 4.98 Å². The van der Waals surface area contributed by atoms with Crippen molar-refractivity contribution >= 4 is 17.0 Å². The van der Waals surface area contributed by atoms with Crippen LogP contribution in [0.3, 0.4) is 0 Å². The maximum absolute atomic E-state index is 5.82. The maximum Gasteiger partial charge on any atom is 0.201 e. The number of benzene rings is 1. The van der Waals surface area contributed by atoms with E-state index in [1.54, 1.807) is 0 Å². The number of aromatic nitrogens is 2. The van der Waals surface area contributed by atoms with Gasteiger partial charge in [-0.1, -0.05) is 12.1 Å². The normalized spacial score (nSPS) is 10.9. The molecular weight excluding hydrogens is 176 g/mol. The van der Waals surface area contributed by atoms with Crippen molar-refractivity contribution in [3.05, 3.63) is 24.3 Å². The van der Waals surface area contributed by atoms with E-state index in [1.165, 1.54) is 0 Å². The summed E-state index contributed by atoms with van der Waals surface area (Å²) in [7, 11) is 1.93. The van der Waals surface area contributed by atoms with Gasteiger partial charge in [0, 0.05) is 13.1 Å². The summed E-state index contributed by atoms with van der Waals surface area (Å²) in [5.74, 6) is 0.585. The SMILES string of the molecule is CNCCn1c(N)nc2ccccc21. The lowest BCUT2D eigenvalue weighted by molar-refractivity contribution is 0.665. The molecule has 0 amide bonds. The number of anilines is 1. The van der Waals surface area contributed by atoms with Gasteiger partial charge in [0.1, 0.15) is 0 Å². The van der Waals surface area contributed by atoms with Crippen molar-refractivity contribution in [1.29, 1.82) is 0 Å². The van der Waals surface area contributed by atoms with Gasteiger partial charge in [0.15, 0.2) is 0 Å². The number of rotatable bonds is 3. The molecule has 0 saturated heterocycles. The number of nitrogens with zero attached hydrogens (tertiary/aromatic N) is 2. The molecule has 1 aromatic carbocycles. The summed E-state index contributed by atoms with van der Waals surface area (Å²) in [5.41, 5.74) is 7.87. The Morgan fingerprint density at radius 2 is 2.21 bits per heavy atom. The lowest BCUT2D eigenvalue weighted by Gasteiger charge is -2.04. The van der Waals surface area contributed by atoms with E-state index in [0.717, 1.165) is 24.1 Å². The molecule has 0 bridgehead atoms. The first kappa shape index (κ1) is 9.02. The van der Waals surface area contributed by atoms with Crippen molar-refractivity contribution < 1.29 is 0 Å². The number of nitrogens with one attached hydrogen (secondary N) is 1. The van der Waals surface area contributed by atoms with Crippen LogP contribution in [0, 0.1) is 0 Å². The van der Waals surface area contributed by atoms with Gasteiger partial charge < -0.3 is 15.6 Å². The monoisotopic (exact) mass is 190 g/mol. The maximum atomic E-state index is 5.82. The van der Waals surface area contributed by atoms with E-state index in [0.29, 0.717) is 5.95 Å². The number of hydrogen-bond acceptors (Lipinski definition) is 3. The predicted molar refractivity (Wildman–Crippen MR) is 58.1 cm³/mol. The second-order valence-corrected chi connectivity index (χ2v) is 3.21. The second kappa shape index (κ2) is 3.67. The van der Waals surface area contributed by atoms with Crippen LogP contribution in [0.25, 0.3) is 11.0 Å². The molecule has 1 aromatic heterocycles. The minimum absolute atomic E-state index is 0.585. The zero-order chi connectivity index (χ0) is 9.97. The third-order valence-corrected chi connectivity index (χ3v) is 2.27. The third kappa shape index (κ3) is 1.44. The number of fused-ring (bicyclic) bond motifs is 1. The Balaban J connectivity index is 2.45. The topological polar surface area (TPSA) is 55.9 Å². The van der Waals surface area contributed by atoms with Crippen LogP contribution in [-0.2, 0) is 6.54 Å². The molecule has 4 nitrogen and oxygen atoms in total. The van der Waals surface area contributed by atoms with Crippen LogP contribution in [0.5, 0.6) is 0 Å². The quantitative estimate of drug-likeness (QED) is 0.754. The van der Waals surface area contributed by atoms with Crippen LogP contribution in [0.15, 0.2) is 24.3 Å². The Morgan fingerprint density at radius 3 is 3.00 bits per heavy atom. The Hall–Kier alpha value is -1.55. The zero-order valence-corrected chi connectivity index (χ0v) is 8.20. The molecule has 0 radical (unpaired) electrons. The molecule has 2 aromatic rings. The number of nitrogens with two attached hydrogens (primary N) is 1.